The number of hydrogen-bond acceptors (Lipinski definition) is 3. The maximum Gasteiger partial charge on any atom is 0.304 e. The van der Waals surface area contributed by atoms with Gasteiger partial charge in [-0.3, -0.25) is 9.69 Å². The Morgan fingerprint density at radius 2 is 1.88 bits per heavy atom. The molecular weight excluding hydrogens is 318 g/mol. The molecule has 0 radical (unpaired) electrons. The molecule has 2 aromatic rings. The number of nitrogens with zero attached hydrogens (tertiary/aromatic N) is 1. The molecule has 0 aliphatic rings. The molecule has 3 nitrogen and oxygen atoms in total. The Morgan fingerprint density at radius 1 is 1.17 bits per heavy atom. The zero-order valence-corrected chi connectivity index (χ0v) is 15.4. The van der Waals surface area contributed by atoms with Gasteiger partial charge < -0.3 is 5.11 Å². The van der Waals surface area contributed by atoms with Crippen LogP contribution in [-0.4, -0.2) is 22.5 Å². The molecule has 0 atom stereocenters. The molecule has 0 unspecified atom stereocenters. The van der Waals surface area contributed by atoms with Crippen molar-refractivity contribution in [3.8, 4) is 0 Å². The van der Waals surface area contributed by atoms with Crippen LogP contribution in [0.25, 0.3) is 0 Å². The molecule has 0 spiro atoms. The second-order valence-electron chi connectivity index (χ2n) is 6.36. The molecule has 4 heteroatoms. The van der Waals surface area contributed by atoms with Crippen molar-refractivity contribution in [2.75, 3.05) is 6.54 Å². The third-order valence-electron chi connectivity index (χ3n) is 4.05. The van der Waals surface area contributed by atoms with Gasteiger partial charge in [-0.1, -0.05) is 37.6 Å². The van der Waals surface area contributed by atoms with Crippen LogP contribution in [0.15, 0.2) is 35.7 Å². The number of rotatable bonds is 10. The molecule has 0 aliphatic heterocycles. The maximum absolute atomic E-state index is 10.9. The lowest BCUT2D eigenvalue weighted by molar-refractivity contribution is -0.137. The molecule has 24 heavy (non-hydrogen) atoms. The van der Waals surface area contributed by atoms with Crippen LogP contribution in [0.4, 0.5) is 0 Å². The third-order valence-corrected chi connectivity index (χ3v) is 5.09. The van der Waals surface area contributed by atoms with Gasteiger partial charge in [0.25, 0.3) is 0 Å². The number of thiophene rings is 1. The van der Waals surface area contributed by atoms with Crippen molar-refractivity contribution in [1.29, 1.82) is 0 Å². The highest BCUT2D eigenvalue weighted by Gasteiger charge is 2.11. The van der Waals surface area contributed by atoms with Gasteiger partial charge in [0, 0.05) is 24.5 Å². The molecular formula is C20H27NO2S. The Bertz CT molecular complexity index is 633. The lowest BCUT2D eigenvalue weighted by Gasteiger charge is -2.21. The molecule has 0 amide bonds. The summed E-state index contributed by atoms with van der Waals surface area (Å²) in [7, 11) is 0. The first-order valence-corrected chi connectivity index (χ1v) is 9.50. The highest BCUT2D eigenvalue weighted by atomic mass is 32.1. The van der Waals surface area contributed by atoms with E-state index in [9.17, 15) is 4.79 Å². The summed E-state index contributed by atoms with van der Waals surface area (Å²) in [6.45, 7) is 6.48. The van der Waals surface area contributed by atoms with Crippen molar-refractivity contribution in [2.45, 2.75) is 52.6 Å². The van der Waals surface area contributed by atoms with Gasteiger partial charge in [0.1, 0.15) is 0 Å². The molecule has 1 heterocycles. The number of aliphatic carboxylic acids is 1. The lowest BCUT2D eigenvalue weighted by atomic mass is 10.1. The number of carboxylic acid groups (broad SMARTS) is 1. The van der Waals surface area contributed by atoms with Gasteiger partial charge >= 0.3 is 5.97 Å². The van der Waals surface area contributed by atoms with Crippen LogP contribution in [0.1, 0.15) is 47.8 Å². The fraction of sp³-hybridized carbons (Fsp3) is 0.450. The van der Waals surface area contributed by atoms with Crippen molar-refractivity contribution in [2.24, 2.45) is 0 Å². The number of hydrogen-bond donors (Lipinski definition) is 1. The van der Waals surface area contributed by atoms with E-state index < -0.39 is 5.97 Å². The zero-order valence-electron chi connectivity index (χ0n) is 14.6. The van der Waals surface area contributed by atoms with Crippen LogP contribution in [0, 0.1) is 6.92 Å². The Hall–Kier alpha value is -1.65. The molecule has 1 N–H and O–H groups in total. The summed E-state index contributed by atoms with van der Waals surface area (Å²) in [6.07, 6.45) is 3.75. The maximum atomic E-state index is 10.9. The normalized spacial score (nSPS) is 11.1. The predicted octanol–water partition coefficient (Wildman–Crippen LogP) is 4.88. The minimum atomic E-state index is -0.739. The fourth-order valence-electron chi connectivity index (χ4n) is 2.71. The van der Waals surface area contributed by atoms with E-state index in [1.807, 2.05) is 0 Å². The van der Waals surface area contributed by atoms with Gasteiger partial charge in [0.15, 0.2) is 0 Å². The topological polar surface area (TPSA) is 40.5 Å². The van der Waals surface area contributed by atoms with Crippen LogP contribution >= 0.6 is 11.3 Å². The van der Waals surface area contributed by atoms with Crippen LogP contribution < -0.4 is 0 Å². The van der Waals surface area contributed by atoms with Crippen molar-refractivity contribution in [3.63, 3.8) is 0 Å². The number of benzene rings is 1. The Labute approximate surface area is 148 Å². The molecule has 0 saturated heterocycles. The van der Waals surface area contributed by atoms with Crippen LogP contribution in [0.3, 0.4) is 0 Å². The van der Waals surface area contributed by atoms with E-state index in [1.54, 1.807) is 11.3 Å². The highest BCUT2D eigenvalue weighted by Crippen LogP contribution is 2.18. The molecule has 0 aliphatic carbocycles. The molecule has 0 bridgehead atoms. The number of aryl methyl sites for hydroxylation is 2. The second-order valence-corrected chi connectivity index (χ2v) is 7.36. The van der Waals surface area contributed by atoms with Crippen LogP contribution in [-0.2, 0) is 24.3 Å². The monoisotopic (exact) mass is 345 g/mol. The summed E-state index contributed by atoms with van der Waals surface area (Å²) in [5.41, 5.74) is 3.90. The fourth-order valence-corrected chi connectivity index (χ4v) is 3.63. The quantitative estimate of drug-likeness (QED) is 0.667. The average molecular weight is 346 g/mol. The molecule has 0 fully saturated rings. The summed E-state index contributed by atoms with van der Waals surface area (Å²) < 4.78 is 0. The van der Waals surface area contributed by atoms with E-state index in [0.29, 0.717) is 6.54 Å². The summed E-state index contributed by atoms with van der Waals surface area (Å²) in [4.78, 5) is 14.4. The van der Waals surface area contributed by atoms with Crippen molar-refractivity contribution in [1.82, 2.24) is 4.90 Å². The third kappa shape index (κ3) is 6.46. The zero-order chi connectivity index (χ0) is 17.4. The number of unbranched alkanes of at least 4 members (excludes halogenated alkanes) is 1. The van der Waals surface area contributed by atoms with E-state index in [0.717, 1.165) is 19.5 Å². The van der Waals surface area contributed by atoms with Crippen LogP contribution in [0.5, 0.6) is 0 Å². The van der Waals surface area contributed by atoms with Gasteiger partial charge in [-0.2, -0.15) is 0 Å². The number of carbonyl (C=O) groups is 1. The summed E-state index contributed by atoms with van der Waals surface area (Å²) in [5.74, 6) is -0.739. The van der Waals surface area contributed by atoms with E-state index in [1.165, 1.54) is 34.4 Å². The van der Waals surface area contributed by atoms with E-state index in [2.05, 4.69) is 54.5 Å². The molecule has 0 saturated carbocycles. The van der Waals surface area contributed by atoms with Crippen molar-refractivity contribution < 1.29 is 9.90 Å². The van der Waals surface area contributed by atoms with Gasteiger partial charge in [0.2, 0.25) is 0 Å². The standard InChI is InChI=1S/C20H27NO2S/c1-3-4-5-17-6-8-18(9-7-17)13-21(11-10-20(22)23)14-19-12-16(2)15-24-19/h6-9,12,15H,3-5,10-11,13-14H2,1-2H3,(H,22,23). The smallest absolute Gasteiger partial charge is 0.304 e. The Balaban J connectivity index is 1.99. The second kappa shape index (κ2) is 9.60. The molecule has 1 aromatic heterocycles. The van der Waals surface area contributed by atoms with E-state index >= 15 is 0 Å². The van der Waals surface area contributed by atoms with Crippen molar-refractivity contribution >= 4 is 17.3 Å². The first-order chi connectivity index (χ1) is 11.6. The SMILES string of the molecule is CCCCc1ccc(CN(CCC(=O)O)Cc2cc(C)cs2)cc1. The van der Waals surface area contributed by atoms with Crippen molar-refractivity contribution in [3.05, 3.63) is 57.3 Å². The van der Waals surface area contributed by atoms with Gasteiger partial charge in [-0.05, 0) is 47.9 Å². The molecule has 1 aromatic carbocycles. The average Bonchev–Trinajstić information content (AvgIpc) is 2.97. The largest absolute Gasteiger partial charge is 0.481 e. The summed E-state index contributed by atoms with van der Waals surface area (Å²) in [6, 6.07) is 11.0. The van der Waals surface area contributed by atoms with E-state index in [-0.39, 0.29) is 6.42 Å². The predicted molar refractivity (Wildman–Crippen MR) is 100 cm³/mol. The Morgan fingerprint density at radius 3 is 2.46 bits per heavy atom. The summed E-state index contributed by atoms with van der Waals surface area (Å²) in [5, 5.41) is 11.1. The van der Waals surface area contributed by atoms with E-state index in [4.69, 9.17) is 5.11 Å². The van der Waals surface area contributed by atoms with Gasteiger partial charge in [-0.15, -0.1) is 11.3 Å². The van der Waals surface area contributed by atoms with Gasteiger partial charge in [0.05, 0.1) is 6.42 Å². The van der Waals surface area contributed by atoms with Crippen LogP contribution in [0.2, 0.25) is 0 Å². The summed E-state index contributed by atoms with van der Waals surface area (Å²) >= 11 is 1.75. The molecule has 130 valence electrons. The number of carboxylic acids is 1. The lowest BCUT2D eigenvalue weighted by Crippen LogP contribution is -2.25. The first kappa shape index (κ1) is 18.7. The molecule has 2 rings (SSSR count). The minimum absolute atomic E-state index is 0.180. The first-order valence-electron chi connectivity index (χ1n) is 8.62. The van der Waals surface area contributed by atoms with Gasteiger partial charge in [-0.25, -0.2) is 0 Å². The minimum Gasteiger partial charge on any atom is -0.481 e. The highest BCUT2D eigenvalue weighted by molar-refractivity contribution is 7.10. The Kier molecular flexibility index (Phi) is 7.47.